The highest BCUT2D eigenvalue weighted by molar-refractivity contribution is 5.81. The number of carbonyl (C=O) groups excluding carboxylic acids is 1. The lowest BCUT2D eigenvalue weighted by molar-refractivity contribution is -0.123. The van der Waals surface area contributed by atoms with Crippen LogP contribution in [0.5, 0.6) is 5.75 Å². The van der Waals surface area contributed by atoms with Crippen LogP contribution in [0.1, 0.15) is 44.9 Å². The Hall–Kier alpha value is -1.55. The molecular weight excluding hydrogens is 252 g/mol. The molecule has 0 saturated heterocycles. The maximum Gasteiger partial charge on any atom is 0.236 e. The first kappa shape index (κ1) is 16.5. The number of carbonyl (C=O) groups is 1. The van der Waals surface area contributed by atoms with E-state index < -0.39 is 0 Å². The van der Waals surface area contributed by atoms with Crippen molar-refractivity contribution in [3.05, 3.63) is 29.3 Å². The van der Waals surface area contributed by atoms with Crippen LogP contribution in [0.15, 0.2) is 18.2 Å². The Labute approximate surface area is 121 Å². The summed E-state index contributed by atoms with van der Waals surface area (Å²) in [6.07, 6.45) is 0. The van der Waals surface area contributed by atoms with E-state index in [-0.39, 0.29) is 23.7 Å². The van der Waals surface area contributed by atoms with Gasteiger partial charge in [0.25, 0.3) is 0 Å². The zero-order chi connectivity index (χ0) is 15.3. The molecule has 20 heavy (non-hydrogen) atoms. The molecule has 3 N–H and O–H groups in total. The minimum absolute atomic E-state index is 0.0160. The van der Waals surface area contributed by atoms with E-state index in [9.17, 15) is 9.90 Å². The van der Waals surface area contributed by atoms with Gasteiger partial charge in [-0.05, 0) is 32.8 Å². The van der Waals surface area contributed by atoms with E-state index in [0.717, 1.165) is 11.1 Å². The molecule has 0 saturated carbocycles. The van der Waals surface area contributed by atoms with Gasteiger partial charge in [0, 0.05) is 18.2 Å². The second kappa shape index (κ2) is 7.29. The minimum Gasteiger partial charge on any atom is -0.508 e. The summed E-state index contributed by atoms with van der Waals surface area (Å²) >= 11 is 0. The Morgan fingerprint density at radius 1 is 1.25 bits per heavy atom. The lowest BCUT2D eigenvalue weighted by Gasteiger charge is -2.21. The van der Waals surface area contributed by atoms with E-state index >= 15 is 0 Å². The van der Waals surface area contributed by atoms with Crippen LogP contribution in [0.25, 0.3) is 0 Å². The molecule has 0 heterocycles. The van der Waals surface area contributed by atoms with Crippen molar-refractivity contribution in [2.75, 3.05) is 6.54 Å². The van der Waals surface area contributed by atoms with Crippen molar-refractivity contribution in [2.45, 2.75) is 46.7 Å². The summed E-state index contributed by atoms with van der Waals surface area (Å²) in [6.45, 7) is 10.6. The number of aryl methyl sites for hydroxylation is 1. The van der Waals surface area contributed by atoms with Crippen LogP contribution in [-0.4, -0.2) is 23.6 Å². The quantitative estimate of drug-likeness (QED) is 0.749. The van der Waals surface area contributed by atoms with Crippen molar-refractivity contribution in [1.82, 2.24) is 10.6 Å². The molecule has 1 amide bonds. The number of amides is 1. The molecule has 0 fully saturated rings. The number of nitrogens with one attached hydrogen (secondary N) is 2. The molecule has 1 aromatic rings. The van der Waals surface area contributed by atoms with Crippen molar-refractivity contribution >= 4 is 5.91 Å². The molecule has 0 radical (unpaired) electrons. The highest BCUT2D eigenvalue weighted by Crippen LogP contribution is 2.25. The molecule has 112 valence electrons. The van der Waals surface area contributed by atoms with E-state index in [1.54, 1.807) is 6.07 Å². The van der Waals surface area contributed by atoms with Crippen molar-refractivity contribution < 1.29 is 9.90 Å². The third kappa shape index (κ3) is 4.85. The molecule has 2 atom stereocenters. The van der Waals surface area contributed by atoms with Crippen LogP contribution >= 0.6 is 0 Å². The topological polar surface area (TPSA) is 61.4 Å². The lowest BCUT2D eigenvalue weighted by atomic mass is 10.0. The second-order valence-corrected chi connectivity index (χ2v) is 5.81. The van der Waals surface area contributed by atoms with Gasteiger partial charge in [0.05, 0.1) is 6.04 Å². The van der Waals surface area contributed by atoms with Crippen LogP contribution < -0.4 is 10.6 Å². The van der Waals surface area contributed by atoms with Gasteiger partial charge in [-0.3, -0.25) is 10.1 Å². The molecule has 4 nitrogen and oxygen atoms in total. The van der Waals surface area contributed by atoms with Crippen molar-refractivity contribution in [3.8, 4) is 5.75 Å². The average molecular weight is 278 g/mol. The predicted molar refractivity (Wildman–Crippen MR) is 81.7 cm³/mol. The van der Waals surface area contributed by atoms with Gasteiger partial charge < -0.3 is 10.4 Å². The van der Waals surface area contributed by atoms with Crippen molar-refractivity contribution in [2.24, 2.45) is 5.92 Å². The Kier molecular flexibility index (Phi) is 6.02. The normalized spacial score (nSPS) is 14.1. The summed E-state index contributed by atoms with van der Waals surface area (Å²) in [5.74, 6) is 0.674. The van der Waals surface area contributed by atoms with Gasteiger partial charge in [0.15, 0.2) is 0 Å². The number of benzene rings is 1. The molecular formula is C16H26N2O2. The highest BCUT2D eigenvalue weighted by atomic mass is 16.3. The molecule has 0 aliphatic rings. The monoisotopic (exact) mass is 278 g/mol. The van der Waals surface area contributed by atoms with Crippen LogP contribution in [0, 0.1) is 12.8 Å². The first-order valence-corrected chi connectivity index (χ1v) is 7.14. The number of hydrogen-bond acceptors (Lipinski definition) is 3. The lowest BCUT2D eigenvalue weighted by Crippen LogP contribution is -2.44. The van der Waals surface area contributed by atoms with Gasteiger partial charge >= 0.3 is 0 Å². The van der Waals surface area contributed by atoms with E-state index in [4.69, 9.17) is 0 Å². The number of hydrogen-bond donors (Lipinski definition) is 3. The third-order valence-corrected chi connectivity index (χ3v) is 3.23. The second-order valence-electron chi connectivity index (χ2n) is 5.81. The van der Waals surface area contributed by atoms with Crippen molar-refractivity contribution in [3.63, 3.8) is 0 Å². The fourth-order valence-electron chi connectivity index (χ4n) is 2.02. The Morgan fingerprint density at radius 3 is 2.50 bits per heavy atom. The standard InChI is InChI=1S/C16H26N2O2/c1-10(2)9-17-16(20)13(5)18-12(4)14-8-11(3)6-7-15(14)19/h6-8,10,12-13,18-19H,9H2,1-5H3,(H,17,20). The van der Waals surface area contributed by atoms with Crippen LogP contribution in [0.4, 0.5) is 0 Å². The fourth-order valence-corrected chi connectivity index (χ4v) is 2.02. The van der Waals surface area contributed by atoms with E-state index in [1.165, 1.54) is 0 Å². The molecule has 1 rings (SSSR count). The van der Waals surface area contributed by atoms with Gasteiger partial charge in [-0.1, -0.05) is 31.5 Å². The van der Waals surface area contributed by atoms with Gasteiger partial charge in [-0.15, -0.1) is 0 Å². The minimum atomic E-state index is -0.302. The average Bonchev–Trinajstić information content (AvgIpc) is 2.38. The summed E-state index contributed by atoms with van der Waals surface area (Å²) in [6, 6.07) is 5.10. The zero-order valence-corrected chi connectivity index (χ0v) is 13.0. The largest absolute Gasteiger partial charge is 0.508 e. The zero-order valence-electron chi connectivity index (χ0n) is 13.0. The van der Waals surface area contributed by atoms with E-state index in [0.29, 0.717) is 12.5 Å². The number of aromatic hydroxyl groups is 1. The van der Waals surface area contributed by atoms with E-state index in [2.05, 4.69) is 24.5 Å². The van der Waals surface area contributed by atoms with Crippen LogP contribution in [-0.2, 0) is 4.79 Å². The summed E-state index contributed by atoms with van der Waals surface area (Å²) in [5, 5.41) is 16.0. The Balaban J connectivity index is 2.63. The molecule has 0 spiro atoms. The van der Waals surface area contributed by atoms with Crippen molar-refractivity contribution in [1.29, 1.82) is 0 Å². The molecule has 2 unspecified atom stereocenters. The smallest absolute Gasteiger partial charge is 0.236 e. The highest BCUT2D eigenvalue weighted by Gasteiger charge is 2.18. The molecule has 0 aliphatic carbocycles. The number of rotatable bonds is 6. The molecule has 0 bridgehead atoms. The van der Waals surface area contributed by atoms with Gasteiger partial charge in [-0.25, -0.2) is 0 Å². The summed E-state index contributed by atoms with van der Waals surface area (Å²) in [4.78, 5) is 11.9. The van der Waals surface area contributed by atoms with Gasteiger partial charge in [-0.2, -0.15) is 0 Å². The summed E-state index contributed by atoms with van der Waals surface area (Å²) in [7, 11) is 0. The first-order valence-electron chi connectivity index (χ1n) is 7.14. The predicted octanol–water partition coefficient (Wildman–Crippen LogP) is 2.51. The van der Waals surface area contributed by atoms with Crippen LogP contribution in [0.2, 0.25) is 0 Å². The number of phenolic OH excluding ortho intramolecular Hbond substituents is 1. The maximum absolute atomic E-state index is 11.9. The van der Waals surface area contributed by atoms with E-state index in [1.807, 2.05) is 32.9 Å². The first-order chi connectivity index (χ1) is 9.31. The maximum atomic E-state index is 11.9. The Bertz CT molecular complexity index is 458. The molecule has 4 heteroatoms. The van der Waals surface area contributed by atoms with Gasteiger partial charge in [0.1, 0.15) is 5.75 Å². The SMILES string of the molecule is Cc1ccc(O)c(C(C)NC(C)C(=O)NCC(C)C)c1. The van der Waals surface area contributed by atoms with Gasteiger partial charge in [0.2, 0.25) is 5.91 Å². The van der Waals surface area contributed by atoms with Crippen LogP contribution in [0.3, 0.4) is 0 Å². The molecule has 0 aliphatic heterocycles. The molecule has 1 aromatic carbocycles. The summed E-state index contributed by atoms with van der Waals surface area (Å²) in [5.41, 5.74) is 1.90. The number of phenols is 1. The fraction of sp³-hybridized carbons (Fsp3) is 0.562. The molecule has 0 aromatic heterocycles. The summed E-state index contributed by atoms with van der Waals surface area (Å²) < 4.78 is 0. The third-order valence-electron chi connectivity index (χ3n) is 3.23. The Morgan fingerprint density at radius 2 is 1.90 bits per heavy atom.